The number of nitrogens with zero attached hydrogens (tertiary/aromatic N) is 1. The van der Waals surface area contributed by atoms with Gasteiger partial charge in [-0.15, -0.1) is 0 Å². The second kappa shape index (κ2) is 18.6. The van der Waals surface area contributed by atoms with Crippen molar-refractivity contribution in [3.8, 4) is 28.7 Å². The molecule has 0 spiro atoms. The number of methoxy groups -OCH3 is 2. The Hall–Kier alpha value is -8.48. The van der Waals surface area contributed by atoms with E-state index in [4.69, 9.17) is 9.47 Å². The lowest BCUT2D eigenvalue weighted by Gasteiger charge is -2.16. The molecular formula is C41H35FN6O12. The number of aromatic carboxylic acids is 1. The van der Waals surface area contributed by atoms with E-state index in [0.29, 0.717) is 16.8 Å². The van der Waals surface area contributed by atoms with Crippen LogP contribution < -0.4 is 36.1 Å². The molecule has 0 bridgehead atoms. The number of amides is 5. The van der Waals surface area contributed by atoms with Gasteiger partial charge in [-0.2, -0.15) is 0 Å². The van der Waals surface area contributed by atoms with Gasteiger partial charge in [0, 0.05) is 17.3 Å². The van der Waals surface area contributed by atoms with E-state index in [2.05, 4.69) is 31.6 Å². The number of halogens is 1. The zero-order valence-corrected chi connectivity index (χ0v) is 31.7. The fourth-order valence-electron chi connectivity index (χ4n) is 5.45. The van der Waals surface area contributed by atoms with Gasteiger partial charge in [0.05, 0.1) is 55.2 Å². The van der Waals surface area contributed by atoms with Crippen molar-refractivity contribution in [2.75, 3.05) is 42.0 Å². The Bertz CT molecular complexity index is 2540. The van der Waals surface area contributed by atoms with Crippen molar-refractivity contribution in [3.63, 3.8) is 0 Å². The molecule has 0 aliphatic rings. The summed E-state index contributed by atoms with van der Waals surface area (Å²) in [6.45, 7) is 1.08. The molecule has 308 valence electrons. The molecule has 0 saturated heterocycles. The predicted molar refractivity (Wildman–Crippen MR) is 214 cm³/mol. The van der Waals surface area contributed by atoms with Gasteiger partial charge in [0.1, 0.15) is 22.8 Å². The van der Waals surface area contributed by atoms with E-state index in [0.717, 1.165) is 32.4 Å². The zero-order valence-electron chi connectivity index (χ0n) is 31.7. The number of hydrogen-bond donors (Lipinski definition) is 9. The lowest BCUT2D eigenvalue weighted by atomic mass is 10.1. The van der Waals surface area contributed by atoms with E-state index >= 15 is 0 Å². The Morgan fingerprint density at radius 2 is 1.25 bits per heavy atom. The minimum Gasteiger partial charge on any atom is -0.507 e. The van der Waals surface area contributed by atoms with Crippen molar-refractivity contribution in [2.24, 2.45) is 0 Å². The summed E-state index contributed by atoms with van der Waals surface area (Å²) in [5, 5.41) is 53.3. The van der Waals surface area contributed by atoms with Gasteiger partial charge in [-0.1, -0.05) is 12.1 Å². The number of carboxylic acid groups (broad SMARTS) is 1. The topological polar surface area (TPSA) is 275 Å². The van der Waals surface area contributed by atoms with Crippen LogP contribution in [0.5, 0.6) is 28.7 Å². The van der Waals surface area contributed by atoms with Crippen molar-refractivity contribution in [2.45, 2.75) is 6.92 Å². The van der Waals surface area contributed by atoms with Crippen LogP contribution in [0.15, 0.2) is 90.6 Å². The van der Waals surface area contributed by atoms with Crippen molar-refractivity contribution >= 4 is 64.3 Å². The molecule has 19 heteroatoms. The molecule has 60 heavy (non-hydrogen) atoms. The average molecular weight is 823 g/mol. The van der Waals surface area contributed by atoms with E-state index < -0.39 is 70.7 Å². The van der Waals surface area contributed by atoms with E-state index in [1.54, 1.807) is 13.0 Å². The van der Waals surface area contributed by atoms with Gasteiger partial charge in [-0.25, -0.2) is 14.2 Å². The van der Waals surface area contributed by atoms with Crippen LogP contribution in [0.3, 0.4) is 0 Å². The number of rotatable bonds is 14. The Labute approximate surface area is 339 Å². The maximum absolute atomic E-state index is 13.1. The minimum atomic E-state index is -1.44. The minimum absolute atomic E-state index is 0.0538. The number of aromatic hydroxyl groups is 3. The molecule has 18 nitrogen and oxygen atoms in total. The number of carbonyl (C=O) groups excluding carboxylic acids is 5. The number of phenols is 3. The molecule has 5 rings (SSSR count). The van der Waals surface area contributed by atoms with Crippen LogP contribution in [0.25, 0.3) is 6.08 Å². The monoisotopic (exact) mass is 822 g/mol. The highest BCUT2D eigenvalue weighted by molar-refractivity contribution is 6.11. The predicted octanol–water partition coefficient (Wildman–Crippen LogP) is 4.97. The van der Waals surface area contributed by atoms with Crippen LogP contribution in [0.2, 0.25) is 0 Å². The number of pyridine rings is 1. The molecule has 4 aromatic carbocycles. The number of nitrogens with one attached hydrogen (secondary N) is 5. The Balaban J connectivity index is 1.15. The highest BCUT2D eigenvalue weighted by atomic mass is 19.1. The summed E-state index contributed by atoms with van der Waals surface area (Å²) >= 11 is 0. The molecule has 0 radical (unpaired) electrons. The molecule has 0 aliphatic carbocycles. The second-order valence-corrected chi connectivity index (χ2v) is 12.5. The van der Waals surface area contributed by atoms with E-state index in [1.165, 1.54) is 66.9 Å². The average Bonchev–Trinajstić information content (AvgIpc) is 3.21. The van der Waals surface area contributed by atoms with E-state index in [9.17, 15) is 53.6 Å². The highest BCUT2D eigenvalue weighted by Crippen LogP contribution is 2.41. The Morgan fingerprint density at radius 1 is 0.683 bits per heavy atom. The van der Waals surface area contributed by atoms with Crippen LogP contribution >= 0.6 is 0 Å². The fraction of sp³-hybridized carbons (Fsp3) is 0.0976. The summed E-state index contributed by atoms with van der Waals surface area (Å²) in [5.41, 5.74) is -0.0199. The lowest BCUT2D eigenvalue weighted by Crippen LogP contribution is -2.33. The molecule has 1 heterocycles. The summed E-state index contributed by atoms with van der Waals surface area (Å²) in [7, 11) is 2.30. The third-order valence-electron chi connectivity index (χ3n) is 8.44. The van der Waals surface area contributed by atoms with Crippen molar-refractivity contribution < 1.29 is 63.1 Å². The van der Waals surface area contributed by atoms with Crippen LogP contribution in [0.1, 0.15) is 54.0 Å². The Kier molecular flexibility index (Phi) is 13.3. The first kappa shape index (κ1) is 42.7. The standard InChI is InChI=1S/C41H35FN6O12/c1-20(16-21-4-6-22(42)7-5-21)37(53)46-24-9-13-30(43-18-24)40(56)44-19-32(50)45-23-8-10-25(31(49)17-23)38(54)47-28-14-11-26(33(51)35(28)59-2)39(55)48-29-15-12-27(41(57)58)34(52)36(29)60-3/h4-18,49,51-52H,19H2,1-3H3,(H,44,56)(H,45,50)(H,46,53)(H,47,54)(H,48,55)(H,57,58)/b20-16+. The molecule has 0 unspecified atom stereocenters. The molecule has 0 aliphatic heterocycles. The first-order chi connectivity index (χ1) is 28.6. The fourth-order valence-corrected chi connectivity index (χ4v) is 5.45. The number of benzene rings is 4. The van der Waals surface area contributed by atoms with Gasteiger partial charge in [0.25, 0.3) is 23.6 Å². The molecular weight excluding hydrogens is 787 g/mol. The SMILES string of the molecule is COc1c(NC(=O)c2ccc(NC(=O)c3ccc(NC(=O)CNC(=O)c4ccc(NC(=O)/C(C)=C/c5ccc(F)cc5)cn4)cc3O)c(OC)c2O)ccc(C(=O)O)c1O. The van der Waals surface area contributed by atoms with Gasteiger partial charge >= 0.3 is 5.97 Å². The van der Waals surface area contributed by atoms with E-state index in [1.807, 2.05) is 0 Å². The first-order valence-corrected chi connectivity index (χ1v) is 17.4. The first-order valence-electron chi connectivity index (χ1n) is 17.4. The summed E-state index contributed by atoms with van der Waals surface area (Å²) < 4.78 is 23.4. The number of aromatic nitrogens is 1. The summed E-state index contributed by atoms with van der Waals surface area (Å²) in [5.74, 6) is -8.14. The third kappa shape index (κ3) is 10.1. The highest BCUT2D eigenvalue weighted by Gasteiger charge is 2.24. The van der Waals surface area contributed by atoms with Gasteiger partial charge in [0.2, 0.25) is 5.91 Å². The Morgan fingerprint density at radius 3 is 1.82 bits per heavy atom. The molecule has 5 amide bonds. The van der Waals surface area contributed by atoms with Crippen molar-refractivity contribution in [3.05, 3.63) is 124 Å². The normalized spacial score (nSPS) is 10.8. The molecule has 0 saturated carbocycles. The van der Waals surface area contributed by atoms with Gasteiger partial charge in [0.15, 0.2) is 23.0 Å². The van der Waals surface area contributed by atoms with Crippen LogP contribution in [-0.4, -0.2) is 81.7 Å². The maximum atomic E-state index is 13.1. The quantitative estimate of drug-likeness (QED) is 0.0671. The molecule has 1 aromatic heterocycles. The second-order valence-electron chi connectivity index (χ2n) is 12.5. The molecule has 5 aromatic rings. The zero-order chi connectivity index (χ0) is 43.7. The summed E-state index contributed by atoms with van der Waals surface area (Å²) in [6.07, 6.45) is 2.83. The number of ether oxygens (including phenoxy) is 2. The van der Waals surface area contributed by atoms with Gasteiger partial charge in [-0.3, -0.25) is 24.0 Å². The smallest absolute Gasteiger partial charge is 0.339 e. The van der Waals surface area contributed by atoms with Crippen LogP contribution in [-0.2, 0) is 9.59 Å². The van der Waals surface area contributed by atoms with Gasteiger partial charge in [-0.05, 0) is 79.2 Å². The summed E-state index contributed by atoms with van der Waals surface area (Å²) in [6, 6.07) is 16.5. The number of hydrogen-bond acceptors (Lipinski definition) is 12. The summed E-state index contributed by atoms with van der Waals surface area (Å²) in [4.78, 5) is 79.3. The number of carbonyl (C=O) groups is 6. The molecule has 0 atom stereocenters. The number of anilines is 4. The third-order valence-corrected chi connectivity index (χ3v) is 8.44. The maximum Gasteiger partial charge on any atom is 0.339 e. The largest absolute Gasteiger partial charge is 0.507 e. The number of phenolic OH excluding ortho intramolecular Hbond substituents is 2. The molecule has 0 fully saturated rings. The van der Waals surface area contributed by atoms with Crippen molar-refractivity contribution in [1.82, 2.24) is 10.3 Å². The van der Waals surface area contributed by atoms with Gasteiger partial charge < -0.3 is 56.5 Å². The number of carboxylic acids is 1. The lowest BCUT2D eigenvalue weighted by molar-refractivity contribution is -0.115. The van der Waals surface area contributed by atoms with E-state index in [-0.39, 0.29) is 45.4 Å². The molecule has 9 N–H and O–H groups in total. The van der Waals surface area contributed by atoms with Crippen LogP contribution in [0, 0.1) is 5.82 Å². The van der Waals surface area contributed by atoms with Crippen molar-refractivity contribution in [1.29, 1.82) is 0 Å². The van der Waals surface area contributed by atoms with Crippen LogP contribution in [0.4, 0.5) is 27.1 Å².